The zero-order valence-corrected chi connectivity index (χ0v) is 21.7. The van der Waals surface area contributed by atoms with Gasteiger partial charge in [-0.3, -0.25) is 4.79 Å². The predicted molar refractivity (Wildman–Crippen MR) is 136 cm³/mol. The summed E-state index contributed by atoms with van der Waals surface area (Å²) in [7, 11) is 1.60. The lowest BCUT2D eigenvalue weighted by molar-refractivity contribution is -0.141. The van der Waals surface area contributed by atoms with Crippen molar-refractivity contribution in [3.63, 3.8) is 0 Å². The summed E-state index contributed by atoms with van der Waals surface area (Å²) in [6.45, 7) is 2.20. The fourth-order valence-electron chi connectivity index (χ4n) is 4.46. The molecule has 2 heterocycles. The van der Waals surface area contributed by atoms with Crippen molar-refractivity contribution in [1.82, 2.24) is 20.3 Å². The van der Waals surface area contributed by atoms with Crippen molar-refractivity contribution < 1.29 is 23.1 Å². The minimum Gasteiger partial charge on any atom is -0.383 e. The molecular formula is C26H27F3N6O2S. The van der Waals surface area contributed by atoms with Gasteiger partial charge >= 0.3 is 6.18 Å². The third-order valence-corrected chi connectivity index (χ3v) is 7.83. The summed E-state index contributed by atoms with van der Waals surface area (Å²) in [6, 6.07) is 8.41. The number of carbonyl (C=O) groups is 1. The van der Waals surface area contributed by atoms with E-state index in [9.17, 15) is 23.1 Å². The molecule has 2 N–H and O–H groups in total. The summed E-state index contributed by atoms with van der Waals surface area (Å²) in [5, 5.41) is 23.3. The Morgan fingerprint density at radius 3 is 2.71 bits per heavy atom. The van der Waals surface area contributed by atoms with Crippen molar-refractivity contribution in [3.05, 3.63) is 52.9 Å². The maximum Gasteiger partial charge on any atom is 0.433 e. The van der Waals surface area contributed by atoms with Crippen LogP contribution in [0.25, 0.3) is 10.4 Å². The molecule has 0 aliphatic heterocycles. The van der Waals surface area contributed by atoms with Crippen molar-refractivity contribution in [2.45, 2.75) is 50.8 Å². The highest BCUT2D eigenvalue weighted by molar-refractivity contribution is 7.15. The Bertz CT molecular complexity index is 1350. The van der Waals surface area contributed by atoms with Gasteiger partial charge in [-0.05, 0) is 61.9 Å². The number of nitrogens with zero attached hydrogens (tertiary/aromatic N) is 5. The molecule has 1 aromatic carbocycles. The highest BCUT2D eigenvalue weighted by atomic mass is 32.1. The molecule has 1 amide bonds. The van der Waals surface area contributed by atoms with Crippen molar-refractivity contribution in [2.75, 3.05) is 18.5 Å². The van der Waals surface area contributed by atoms with Crippen molar-refractivity contribution >= 4 is 28.9 Å². The first kappa shape index (κ1) is 27.5. The molecule has 200 valence electrons. The van der Waals surface area contributed by atoms with Crippen LogP contribution in [0.1, 0.15) is 48.4 Å². The molecule has 0 spiro atoms. The highest BCUT2D eigenvalue weighted by Gasteiger charge is 2.39. The molecule has 38 heavy (non-hydrogen) atoms. The Morgan fingerprint density at radius 1 is 1.29 bits per heavy atom. The summed E-state index contributed by atoms with van der Waals surface area (Å²) in [5.74, 6) is -0.381. The minimum absolute atomic E-state index is 0.0795. The van der Waals surface area contributed by atoms with E-state index in [1.807, 2.05) is 31.2 Å². The van der Waals surface area contributed by atoms with Crippen LogP contribution in [0.4, 0.5) is 24.8 Å². The number of rotatable bonds is 7. The number of aryl methyl sites for hydroxylation is 1. The molecule has 2 aromatic heterocycles. The van der Waals surface area contributed by atoms with E-state index >= 15 is 0 Å². The third-order valence-electron chi connectivity index (χ3n) is 6.59. The summed E-state index contributed by atoms with van der Waals surface area (Å²) in [4.78, 5) is 26.8. The topological polar surface area (TPSA) is 115 Å². The first-order chi connectivity index (χ1) is 18.0. The standard InChI is InChI=1S/C26H27F3N6O2S/c1-16-12-18(14-19(13-16)35(2)24-32-11-6-21(34-24)26(27,28)29)20-15-33-23(38-20)25(37)7-4-17(5-8-25)22(36)31-10-3-9-30/h6,11-15,17,37H,3-5,7-8,10H2,1-2H3,(H,31,36). The number of aromatic nitrogens is 3. The van der Waals surface area contributed by atoms with Gasteiger partial charge in [-0.25, -0.2) is 15.0 Å². The lowest BCUT2D eigenvalue weighted by atomic mass is 9.78. The Balaban J connectivity index is 1.51. The molecule has 12 heteroatoms. The fraction of sp³-hybridized carbons (Fsp3) is 0.423. The van der Waals surface area contributed by atoms with Crippen molar-refractivity contribution in [2.24, 2.45) is 5.92 Å². The average molecular weight is 545 g/mol. The molecule has 1 fully saturated rings. The lowest BCUT2D eigenvalue weighted by Crippen LogP contribution is -2.38. The molecule has 0 bridgehead atoms. The number of halogens is 3. The summed E-state index contributed by atoms with van der Waals surface area (Å²) in [6.07, 6.45) is 0.261. The van der Waals surface area contributed by atoms with Gasteiger partial charge in [-0.1, -0.05) is 6.07 Å². The van der Waals surface area contributed by atoms with Crippen LogP contribution in [0.5, 0.6) is 0 Å². The van der Waals surface area contributed by atoms with Gasteiger partial charge in [0.25, 0.3) is 0 Å². The monoisotopic (exact) mass is 544 g/mol. The second-order valence-corrected chi connectivity index (χ2v) is 10.4. The number of nitriles is 1. The number of alkyl halides is 3. The Labute approximate surface area is 222 Å². The molecule has 1 aliphatic rings. The number of hydrogen-bond acceptors (Lipinski definition) is 8. The van der Waals surface area contributed by atoms with Gasteiger partial charge in [0.05, 0.1) is 17.4 Å². The van der Waals surface area contributed by atoms with Gasteiger partial charge in [0.15, 0.2) is 0 Å². The van der Waals surface area contributed by atoms with E-state index < -0.39 is 17.5 Å². The second-order valence-electron chi connectivity index (χ2n) is 9.39. The van der Waals surface area contributed by atoms with Crippen molar-refractivity contribution in [3.8, 4) is 16.5 Å². The molecule has 4 rings (SSSR count). The van der Waals surface area contributed by atoms with Gasteiger partial charge in [0.2, 0.25) is 11.9 Å². The molecule has 1 aliphatic carbocycles. The van der Waals surface area contributed by atoms with E-state index in [0.29, 0.717) is 42.9 Å². The molecule has 0 atom stereocenters. The molecule has 0 radical (unpaired) electrons. The smallest absolute Gasteiger partial charge is 0.383 e. The number of carbonyl (C=O) groups excluding carboxylic acids is 1. The third kappa shape index (κ3) is 6.11. The van der Waals surface area contributed by atoms with E-state index in [0.717, 1.165) is 28.3 Å². The molecule has 3 aromatic rings. The number of benzene rings is 1. The van der Waals surface area contributed by atoms with Crippen LogP contribution in [0.15, 0.2) is 36.7 Å². The van der Waals surface area contributed by atoms with Crippen LogP contribution in [-0.2, 0) is 16.6 Å². The maximum absolute atomic E-state index is 13.1. The first-order valence-electron chi connectivity index (χ1n) is 12.1. The zero-order valence-electron chi connectivity index (χ0n) is 20.9. The summed E-state index contributed by atoms with van der Waals surface area (Å²) >= 11 is 1.35. The summed E-state index contributed by atoms with van der Waals surface area (Å²) < 4.78 is 39.4. The largest absolute Gasteiger partial charge is 0.433 e. The normalized spacial score (nSPS) is 19.6. The number of thiazole rings is 1. The fourth-order valence-corrected chi connectivity index (χ4v) is 5.51. The lowest BCUT2D eigenvalue weighted by Gasteiger charge is -2.33. The average Bonchev–Trinajstić information content (AvgIpc) is 3.40. The zero-order chi connectivity index (χ0) is 27.5. The van der Waals surface area contributed by atoms with Crippen LogP contribution in [-0.4, -0.2) is 39.6 Å². The van der Waals surface area contributed by atoms with Gasteiger partial charge in [-0.15, -0.1) is 11.3 Å². The molecular weight excluding hydrogens is 517 g/mol. The van der Waals surface area contributed by atoms with E-state index in [2.05, 4.69) is 20.3 Å². The molecule has 8 nitrogen and oxygen atoms in total. The van der Waals surface area contributed by atoms with Gasteiger partial charge in [-0.2, -0.15) is 18.4 Å². The van der Waals surface area contributed by atoms with E-state index in [1.54, 1.807) is 13.2 Å². The number of hydrogen-bond donors (Lipinski definition) is 2. The quantitative estimate of drug-likeness (QED) is 0.398. The molecule has 1 saturated carbocycles. The van der Waals surface area contributed by atoms with Crippen LogP contribution in [0.3, 0.4) is 0 Å². The molecule has 0 saturated heterocycles. The van der Waals surface area contributed by atoms with Crippen LogP contribution in [0.2, 0.25) is 0 Å². The van der Waals surface area contributed by atoms with E-state index in [1.165, 1.54) is 16.2 Å². The SMILES string of the molecule is Cc1cc(-c2cnc(C3(O)CCC(C(=O)NCCC#N)CC3)s2)cc(N(C)c2nccc(C(F)(F)F)n2)c1. The Kier molecular flexibility index (Phi) is 7.99. The molecule has 0 unspecified atom stereocenters. The highest BCUT2D eigenvalue weighted by Crippen LogP contribution is 2.43. The maximum atomic E-state index is 13.1. The van der Waals surface area contributed by atoms with Gasteiger partial charge in [0, 0.05) is 37.6 Å². The predicted octanol–water partition coefficient (Wildman–Crippen LogP) is 5.10. The Morgan fingerprint density at radius 2 is 2.03 bits per heavy atom. The van der Waals surface area contributed by atoms with Gasteiger partial charge < -0.3 is 15.3 Å². The van der Waals surface area contributed by atoms with Crippen LogP contribution >= 0.6 is 11.3 Å². The van der Waals surface area contributed by atoms with E-state index in [4.69, 9.17) is 5.26 Å². The minimum atomic E-state index is -4.57. The summed E-state index contributed by atoms with van der Waals surface area (Å²) in [5.41, 5.74) is 0.138. The van der Waals surface area contributed by atoms with Crippen LogP contribution < -0.4 is 10.2 Å². The Hall–Kier alpha value is -3.56. The first-order valence-corrected chi connectivity index (χ1v) is 12.9. The van der Waals surface area contributed by atoms with E-state index in [-0.39, 0.29) is 24.2 Å². The second kappa shape index (κ2) is 11.0. The van der Waals surface area contributed by atoms with Gasteiger partial charge in [0.1, 0.15) is 16.3 Å². The number of nitrogens with one attached hydrogen (secondary N) is 1. The number of aliphatic hydroxyl groups is 1. The number of amides is 1. The number of anilines is 2. The van der Waals surface area contributed by atoms with Crippen molar-refractivity contribution in [1.29, 1.82) is 5.26 Å². The van der Waals surface area contributed by atoms with Crippen LogP contribution in [0, 0.1) is 24.2 Å².